The molecule has 1 aliphatic heterocycles. The van der Waals surface area contributed by atoms with Crippen molar-refractivity contribution in [3.8, 4) is 0 Å². The van der Waals surface area contributed by atoms with Gasteiger partial charge in [0.25, 0.3) is 0 Å². The molecule has 0 aromatic heterocycles. The third kappa shape index (κ3) is 6.30. The number of rotatable bonds is 6. The smallest absolute Gasteiger partial charge is 0.377 e. The molecule has 2 N–H and O–H groups in total. The highest BCUT2D eigenvalue weighted by Gasteiger charge is 2.50. The molecule has 25 heavy (non-hydrogen) atoms. The number of alkyl halides is 3. The number of halogens is 3. The molecule has 11 heteroatoms. The van der Waals surface area contributed by atoms with Crippen molar-refractivity contribution >= 4 is 16.0 Å². The van der Waals surface area contributed by atoms with E-state index in [1.165, 1.54) is 0 Å². The predicted octanol–water partition coefficient (Wildman–Crippen LogP) is 1.14. The van der Waals surface area contributed by atoms with Gasteiger partial charge in [-0.3, -0.25) is 4.99 Å². The van der Waals surface area contributed by atoms with Crippen LogP contribution < -0.4 is 10.6 Å². The lowest BCUT2D eigenvalue weighted by atomic mass is 9.98. The number of nitrogens with one attached hydrogen (secondary N) is 2. The fraction of sp³-hybridized carbons (Fsp3) is 0.929. The Morgan fingerprint density at radius 2 is 1.80 bits per heavy atom. The van der Waals surface area contributed by atoms with Gasteiger partial charge in [-0.2, -0.15) is 17.5 Å². The van der Waals surface area contributed by atoms with E-state index in [-0.39, 0.29) is 24.6 Å². The van der Waals surface area contributed by atoms with Crippen LogP contribution in [0.5, 0.6) is 0 Å². The number of hydrogen-bond acceptors (Lipinski definition) is 4. The zero-order chi connectivity index (χ0) is 19.3. The number of hydrogen-bond donors (Lipinski definition) is 2. The van der Waals surface area contributed by atoms with Gasteiger partial charge in [0.05, 0.1) is 5.60 Å². The van der Waals surface area contributed by atoms with Crippen molar-refractivity contribution in [1.82, 2.24) is 14.9 Å². The van der Waals surface area contributed by atoms with Crippen molar-refractivity contribution < 1.29 is 26.3 Å². The second-order valence-electron chi connectivity index (χ2n) is 6.56. The summed E-state index contributed by atoms with van der Waals surface area (Å²) < 4.78 is 66.2. The number of piperidine rings is 1. The summed E-state index contributed by atoms with van der Waals surface area (Å²) in [6.45, 7) is 4.63. The summed E-state index contributed by atoms with van der Waals surface area (Å²) in [7, 11) is -1.99. The second kappa shape index (κ2) is 8.54. The summed E-state index contributed by atoms with van der Waals surface area (Å²) in [6.07, 6.45) is 0.728. The maximum Gasteiger partial charge on any atom is 0.511 e. The predicted molar refractivity (Wildman–Crippen MR) is 89.7 cm³/mol. The summed E-state index contributed by atoms with van der Waals surface area (Å²) in [4.78, 5) is 4.08. The van der Waals surface area contributed by atoms with Crippen LogP contribution in [0.1, 0.15) is 26.7 Å². The molecule has 0 atom stereocenters. The summed E-state index contributed by atoms with van der Waals surface area (Å²) in [5.74, 6) is 0.643. The fourth-order valence-corrected chi connectivity index (χ4v) is 3.31. The molecule has 0 amide bonds. The molecule has 1 rings (SSSR count). The Morgan fingerprint density at radius 3 is 2.24 bits per heavy atom. The molecule has 0 saturated carbocycles. The van der Waals surface area contributed by atoms with E-state index < -0.39 is 15.5 Å². The molecule has 0 aromatic rings. The standard InChI is InChI=1S/C14H27F3N4O3S/c1-13(2,24-4)10-20-12(18-3)19-9-11-5-7-21(8-6-11)25(22,23)14(15,16)17/h11H,5-10H2,1-4H3,(H2,18,19,20). The topological polar surface area (TPSA) is 83.0 Å². The second-order valence-corrected chi connectivity index (χ2v) is 8.49. The first kappa shape index (κ1) is 22.0. The fourth-order valence-electron chi connectivity index (χ4n) is 2.33. The van der Waals surface area contributed by atoms with Crippen LogP contribution in [-0.2, 0) is 14.8 Å². The van der Waals surface area contributed by atoms with Gasteiger partial charge in [0.15, 0.2) is 5.96 Å². The Labute approximate surface area is 147 Å². The van der Waals surface area contributed by atoms with Crippen LogP contribution in [0.4, 0.5) is 13.2 Å². The molecule has 0 spiro atoms. The van der Waals surface area contributed by atoms with Crippen molar-refractivity contribution in [2.75, 3.05) is 40.3 Å². The molecular weight excluding hydrogens is 361 g/mol. The molecule has 0 aliphatic carbocycles. The lowest BCUT2D eigenvalue weighted by Gasteiger charge is -2.32. The zero-order valence-corrected chi connectivity index (χ0v) is 15.8. The van der Waals surface area contributed by atoms with Crippen LogP contribution in [-0.4, -0.2) is 70.1 Å². The average molecular weight is 388 g/mol. The van der Waals surface area contributed by atoms with Gasteiger partial charge in [-0.15, -0.1) is 0 Å². The van der Waals surface area contributed by atoms with Crippen LogP contribution in [0.3, 0.4) is 0 Å². The van der Waals surface area contributed by atoms with Crippen molar-refractivity contribution in [3.63, 3.8) is 0 Å². The summed E-state index contributed by atoms with van der Waals surface area (Å²) in [5.41, 5.74) is -5.60. The number of aliphatic imine (C=N–C) groups is 1. The lowest BCUT2D eigenvalue weighted by Crippen LogP contribution is -2.48. The van der Waals surface area contributed by atoms with Gasteiger partial charge in [0.2, 0.25) is 0 Å². The normalized spacial score (nSPS) is 19.1. The first-order valence-electron chi connectivity index (χ1n) is 7.99. The van der Waals surface area contributed by atoms with Crippen LogP contribution in [0, 0.1) is 5.92 Å². The van der Waals surface area contributed by atoms with Crippen LogP contribution in [0.25, 0.3) is 0 Å². The van der Waals surface area contributed by atoms with Crippen molar-refractivity contribution in [1.29, 1.82) is 0 Å². The molecule has 0 radical (unpaired) electrons. The Morgan fingerprint density at radius 1 is 1.24 bits per heavy atom. The number of sulfonamides is 1. The number of ether oxygens (including phenoxy) is 1. The van der Waals surface area contributed by atoms with Gasteiger partial charge in [-0.05, 0) is 32.6 Å². The zero-order valence-electron chi connectivity index (χ0n) is 15.0. The van der Waals surface area contributed by atoms with Crippen LogP contribution in [0.2, 0.25) is 0 Å². The Hall–Kier alpha value is -1.07. The van der Waals surface area contributed by atoms with E-state index in [9.17, 15) is 21.6 Å². The highest BCUT2D eigenvalue weighted by Crippen LogP contribution is 2.30. The van der Waals surface area contributed by atoms with E-state index in [4.69, 9.17) is 4.74 Å². The lowest BCUT2D eigenvalue weighted by molar-refractivity contribution is -0.0496. The quantitative estimate of drug-likeness (QED) is 0.527. The Balaban J connectivity index is 2.44. The van der Waals surface area contributed by atoms with Gasteiger partial charge in [0.1, 0.15) is 0 Å². The van der Waals surface area contributed by atoms with E-state index in [2.05, 4.69) is 15.6 Å². The van der Waals surface area contributed by atoms with Gasteiger partial charge < -0.3 is 15.4 Å². The van der Waals surface area contributed by atoms with Gasteiger partial charge >= 0.3 is 15.5 Å². The molecular formula is C14H27F3N4O3S. The summed E-state index contributed by atoms with van der Waals surface area (Å²) >= 11 is 0. The summed E-state index contributed by atoms with van der Waals surface area (Å²) in [6, 6.07) is 0. The molecule has 0 aromatic carbocycles. The number of guanidine groups is 1. The molecule has 7 nitrogen and oxygen atoms in total. The maximum absolute atomic E-state index is 12.5. The van der Waals surface area contributed by atoms with E-state index in [0.717, 1.165) is 0 Å². The molecule has 1 heterocycles. The van der Waals surface area contributed by atoms with E-state index in [0.29, 0.717) is 36.2 Å². The van der Waals surface area contributed by atoms with E-state index in [1.54, 1.807) is 14.2 Å². The minimum Gasteiger partial charge on any atom is -0.377 e. The highest BCUT2D eigenvalue weighted by atomic mass is 32.2. The third-order valence-electron chi connectivity index (χ3n) is 4.22. The Kier molecular flexibility index (Phi) is 7.51. The van der Waals surface area contributed by atoms with Crippen LogP contribution in [0.15, 0.2) is 4.99 Å². The van der Waals surface area contributed by atoms with Gasteiger partial charge in [-0.1, -0.05) is 0 Å². The monoisotopic (exact) mass is 388 g/mol. The minimum absolute atomic E-state index is 0.0775. The molecule has 1 fully saturated rings. The molecule has 1 saturated heterocycles. The van der Waals surface area contributed by atoms with E-state index in [1.807, 2.05) is 13.8 Å². The van der Waals surface area contributed by atoms with Crippen molar-refractivity contribution in [3.05, 3.63) is 0 Å². The van der Waals surface area contributed by atoms with Crippen molar-refractivity contribution in [2.45, 2.75) is 37.8 Å². The largest absolute Gasteiger partial charge is 0.511 e. The maximum atomic E-state index is 12.5. The molecule has 148 valence electrons. The van der Waals surface area contributed by atoms with Crippen LogP contribution >= 0.6 is 0 Å². The Bertz CT molecular complexity index is 556. The third-order valence-corrected chi connectivity index (χ3v) is 5.85. The highest BCUT2D eigenvalue weighted by molar-refractivity contribution is 7.90. The first-order chi connectivity index (χ1) is 11.4. The van der Waals surface area contributed by atoms with E-state index >= 15 is 0 Å². The first-order valence-corrected chi connectivity index (χ1v) is 9.43. The average Bonchev–Trinajstić information content (AvgIpc) is 2.54. The summed E-state index contributed by atoms with van der Waals surface area (Å²) in [5, 5.41) is 6.22. The number of nitrogens with zero attached hydrogens (tertiary/aromatic N) is 2. The molecule has 0 unspecified atom stereocenters. The van der Waals surface area contributed by atoms with Crippen molar-refractivity contribution in [2.24, 2.45) is 10.9 Å². The van der Waals surface area contributed by atoms with Gasteiger partial charge in [-0.25, -0.2) is 8.42 Å². The number of methoxy groups -OCH3 is 1. The minimum atomic E-state index is -5.24. The molecule has 0 bridgehead atoms. The van der Waals surface area contributed by atoms with Gasteiger partial charge in [0, 0.05) is 40.3 Å². The SMILES string of the molecule is CN=C(NCC1CCN(S(=O)(=O)C(F)(F)F)CC1)NCC(C)(C)OC. The molecule has 1 aliphatic rings.